The van der Waals surface area contributed by atoms with Crippen molar-refractivity contribution in [1.82, 2.24) is 4.90 Å². The Kier molecular flexibility index (Phi) is 11.3. The van der Waals surface area contributed by atoms with Crippen molar-refractivity contribution in [1.29, 1.82) is 0 Å². The maximum atomic E-state index is 2.79. The second-order valence-electron chi connectivity index (χ2n) is 8.87. The molecule has 0 amide bonds. The number of nitrogens with zero attached hydrogens (tertiary/aromatic N) is 1. The Labute approximate surface area is 212 Å². The van der Waals surface area contributed by atoms with E-state index >= 15 is 0 Å². The minimum atomic E-state index is 0. The largest absolute Gasteiger partial charge is 2.00 e. The van der Waals surface area contributed by atoms with E-state index in [1.54, 1.807) is 0 Å². The molecule has 0 unspecified atom stereocenters. The number of likely N-dealkylation sites (tertiary alicyclic amines) is 1. The molecule has 0 spiro atoms. The first-order valence-corrected chi connectivity index (χ1v) is 11.6. The SMILES string of the molecule is C[CH-][C@H]1C[C@@H]2CN(Cc3ccccc3)[C@@H]3CC[CH-][C@H]1[C@H]23.[CH]1[CH][CH][CH][CH]1.[CH]1[CH][CH][CH][CH]1.[Zr+2]. The van der Waals surface area contributed by atoms with E-state index in [4.69, 9.17) is 0 Å². The van der Waals surface area contributed by atoms with E-state index in [9.17, 15) is 0 Å². The minimum absolute atomic E-state index is 0. The third-order valence-corrected chi connectivity index (χ3v) is 7.11. The van der Waals surface area contributed by atoms with Gasteiger partial charge in [0.1, 0.15) is 0 Å². The van der Waals surface area contributed by atoms with Crippen LogP contribution in [0.1, 0.15) is 31.7 Å². The summed E-state index contributed by atoms with van der Waals surface area (Å²) in [6, 6.07) is 11.9. The summed E-state index contributed by atoms with van der Waals surface area (Å²) in [7, 11) is 0. The van der Waals surface area contributed by atoms with Gasteiger partial charge in [-0.05, 0) is 81.6 Å². The third kappa shape index (κ3) is 7.02. The van der Waals surface area contributed by atoms with Gasteiger partial charge in [0, 0.05) is 19.1 Å². The molecule has 2 heteroatoms. The summed E-state index contributed by atoms with van der Waals surface area (Å²) in [6.45, 7) is 4.76. The molecule has 1 nitrogen and oxygen atoms in total. The van der Waals surface area contributed by atoms with E-state index in [1.165, 1.54) is 31.4 Å². The van der Waals surface area contributed by atoms with Crippen molar-refractivity contribution in [3.8, 4) is 0 Å². The molecule has 0 bridgehead atoms. The fraction of sp³-hybridized carbons (Fsp3) is 0.379. The molecule has 4 saturated carbocycles. The fourth-order valence-corrected chi connectivity index (χ4v) is 5.88. The molecule has 4 aliphatic carbocycles. The van der Waals surface area contributed by atoms with Crippen LogP contribution in [-0.4, -0.2) is 17.5 Å². The molecular weight excluding hydrogens is 454 g/mol. The van der Waals surface area contributed by atoms with Crippen molar-refractivity contribution in [2.45, 2.75) is 38.8 Å². The Bertz CT molecular complexity index is 569. The van der Waals surface area contributed by atoms with Crippen LogP contribution in [0.3, 0.4) is 0 Å². The van der Waals surface area contributed by atoms with Crippen LogP contribution in [0.15, 0.2) is 30.3 Å². The number of rotatable bonds is 3. The summed E-state index contributed by atoms with van der Waals surface area (Å²) in [6.07, 6.45) is 29.3. The summed E-state index contributed by atoms with van der Waals surface area (Å²) < 4.78 is 0. The molecule has 5 aliphatic rings. The van der Waals surface area contributed by atoms with Crippen molar-refractivity contribution in [2.75, 3.05) is 6.54 Å². The van der Waals surface area contributed by atoms with Crippen LogP contribution in [-0.2, 0) is 32.7 Å². The average Bonchev–Trinajstić information content (AvgIpc) is 3.60. The quantitative estimate of drug-likeness (QED) is 0.472. The second kappa shape index (κ2) is 13.7. The zero-order chi connectivity index (χ0) is 20.6. The molecule has 1 aromatic rings. The molecule has 1 aromatic carbocycles. The van der Waals surface area contributed by atoms with Crippen LogP contribution in [0.5, 0.6) is 0 Å². The van der Waals surface area contributed by atoms with Gasteiger partial charge in [-0.1, -0.05) is 43.2 Å². The van der Waals surface area contributed by atoms with Gasteiger partial charge < -0.3 is 12.8 Å². The molecule has 5 fully saturated rings. The Morgan fingerprint density at radius 1 is 0.903 bits per heavy atom. The number of hydrogen-bond acceptors (Lipinski definition) is 1. The predicted molar refractivity (Wildman–Crippen MR) is 126 cm³/mol. The van der Waals surface area contributed by atoms with Crippen LogP contribution in [0.2, 0.25) is 0 Å². The summed E-state index contributed by atoms with van der Waals surface area (Å²) >= 11 is 0. The Morgan fingerprint density at radius 2 is 1.48 bits per heavy atom. The molecule has 1 saturated heterocycles. The first-order chi connectivity index (χ1) is 14.9. The molecule has 1 heterocycles. The van der Waals surface area contributed by atoms with E-state index in [-0.39, 0.29) is 26.2 Å². The first-order valence-electron chi connectivity index (χ1n) is 11.6. The minimum Gasteiger partial charge on any atom is -0.331 e. The van der Waals surface area contributed by atoms with Crippen LogP contribution < -0.4 is 0 Å². The fourth-order valence-electron chi connectivity index (χ4n) is 5.88. The van der Waals surface area contributed by atoms with Gasteiger partial charge >= 0.3 is 26.2 Å². The van der Waals surface area contributed by atoms with Gasteiger partial charge in [0.2, 0.25) is 0 Å². The summed E-state index contributed by atoms with van der Waals surface area (Å²) in [5.74, 6) is 3.65. The second-order valence-corrected chi connectivity index (χ2v) is 8.87. The summed E-state index contributed by atoms with van der Waals surface area (Å²) in [5.41, 5.74) is 1.48. The monoisotopic (exact) mass is 487 g/mol. The van der Waals surface area contributed by atoms with Crippen molar-refractivity contribution in [3.63, 3.8) is 0 Å². The van der Waals surface area contributed by atoms with E-state index < -0.39 is 0 Å². The molecule has 10 radical (unpaired) electrons. The summed E-state index contributed by atoms with van der Waals surface area (Å²) in [5, 5.41) is 0. The van der Waals surface area contributed by atoms with Crippen molar-refractivity contribution < 1.29 is 26.2 Å². The van der Waals surface area contributed by atoms with Gasteiger partial charge in [-0.15, -0.1) is 0 Å². The average molecular weight is 489 g/mol. The van der Waals surface area contributed by atoms with Gasteiger partial charge in [0.25, 0.3) is 0 Å². The smallest absolute Gasteiger partial charge is 0.331 e. The molecule has 0 aromatic heterocycles. The Balaban J connectivity index is 0.000000204. The van der Waals surface area contributed by atoms with Crippen molar-refractivity contribution in [2.24, 2.45) is 23.7 Å². The van der Waals surface area contributed by atoms with E-state index in [1.807, 2.05) is 64.2 Å². The van der Waals surface area contributed by atoms with Gasteiger partial charge in [-0.2, -0.15) is 25.2 Å². The number of benzene rings is 1. The standard InChI is InChI=1S/C19H25N.2C5H5.Zr/c1-2-15-11-16-13-20(12-14-7-4-3-5-8-14)18-10-6-9-17(15)19(16)18;2*1-2-4-5-3-1;/h2-5,7-9,15-19H,6,10-13H2,1H3;2*1-5H;/q-2;;;+2/t15-,16+,17+,18+,19-;;;/m0.../s1. The van der Waals surface area contributed by atoms with Crippen LogP contribution in [0.25, 0.3) is 0 Å². The Morgan fingerprint density at radius 3 is 2.03 bits per heavy atom. The maximum Gasteiger partial charge on any atom is 2.00 e. The topological polar surface area (TPSA) is 3.24 Å². The molecular formula is C29H35NZr. The molecule has 5 atom stereocenters. The predicted octanol–water partition coefficient (Wildman–Crippen LogP) is 6.00. The summed E-state index contributed by atoms with van der Waals surface area (Å²) in [4.78, 5) is 2.79. The molecule has 160 valence electrons. The zero-order valence-corrected chi connectivity index (χ0v) is 21.1. The van der Waals surface area contributed by atoms with E-state index in [0.29, 0.717) is 0 Å². The molecule has 0 N–H and O–H groups in total. The molecule has 1 aliphatic heterocycles. The number of hydrogen-bond donors (Lipinski definition) is 0. The molecule has 31 heavy (non-hydrogen) atoms. The van der Waals surface area contributed by atoms with Gasteiger partial charge in [0.05, 0.1) is 0 Å². The normalized spacial score (nSPS) is 33.5. The zero-order valence-electron chi connectivity index (χ0n) is 18.7. The van der Waals surface area contributed by atoms with Crippen molar-refractivity contribution in [3.05, 3.63) is 113 Å². The van der Waals surface area contributed by atoms with E-state index in [0.717, 1.165) is 36.3 Å². The molecule has 6 rings (SSSR count). The van der Waals surface area contributed by atoms with Crippen molar-refractivity contribution >= 4 is 0 Å². The first kappa shape index (κ1) is 25.7. The van der Waals surface area contributed by atoms with Crippen LogP contribution >= 0.6 is 0 Å². The maximum absolute atomic E-state index is 2.79. The van der Waals surface area contributed by atoms with E-state index in [2.05, 4.69) is 55.0 Å². The Hall–Kier alpha value is 0.0631. The van der Waals surface area contributed by atoms with Gasteiger partial charge in [0.15, 0.2) is 0 Å². The third-order valence-electron chi connectivity index (χ3n) is 7.11. The van der Waals surface area contributed by atoms with Gasteiger partial charge in [-0.3, -0.25) is 4.90 Å². The van der Waals surface area contributed by atoms with Gasteiger partial charge in [-0.25, -0.2) is 0 Å². The van der Waals surface area contributed by atoms with Crippen LogP contribution in [0, 0.1) is 101 Å². The van der Waals surface area contributed by atoms with Crippen LogP contribution in [0.4, 0.5) is 0 Å².